The van der Waals surface area contributed by atoms with Crippen LogP contribution < -0.4 is 14.8 Å². The number of aryl methyl sites for hydroxylation is 1. The summed E-state index contributed by atoms with van der Waals surface area (Å²) in [5.74, 6) is 0.0321. The number of methoxy groups -OCH3 is 2. The van der Waals surface area contributed by atoms with Crippen molar-refractivity contribution in [1.29, 1.82) is 0 Å². The second-order valence-electron chi connectivity index (χ2n) is 6.55. The first-order valence-corrected chi connectivity index (χ1v) is 9.13. The number of nitrogens with one attached hydrogen (secondary N) is 2. The maximum absolute atomic E-state index is 12.2. The monoisotopic (exact) mass is 402 g/mol. The highest BCUT2D eigenvalue weighted by Gasteiger charge is 2.21. The summed E-state index contributed by atoms with van der Waals surface area (Å²) in [6.07, 6.45) is 0.580. The molecule has 0 saturated carbocycles. The molecule has 2 rings (SSSR count). The van der Waals surface area contributed by atoms with Gasteiger partial charge >= 0.3 is 5.97 Å². The highest BCUT2D eigenvalue weighted by atomic mass is 16.5. The number of benzene rings is 1. The number of rotatable bonds is 9. The number of ketones is 1. The third-order valence-electron chi connectivity index (χ3n) is 4.51. The van der Waals surface area contributed by atoms with Crippen LogP contribution in [0, 0.1) is 13.8 Å². The third-order valence-corrected chi connectivity index (χ3v) is 4.51. The lowest BCUT2D eigenvalue weighted by atomic mass is 10.1. The number of carbonyl (C=O) groups is 3. The van der Waals surface area contributed by atoms with Crippen LogP contribution in [-0.2, 0) is 16.0 Å². The van der Waals surface area contributed by atoms with Gasteiger partial charge < -0.3 is 24.5 Å². The number of amides is 1. The van der Waals surface area contributed by atoms with Gasteiger partial charge in [0.15, 0.2) is 23.9 Å². The molecule has 29 heavy (non-hydrogen) atoms. The summed E-state index contributed by atoms with van der Waals surface area (Å²) >= 11 is 0. The molecule has 8 nitrogen and oxygen atoms in total. The van der Waals surface area contributed by atoms with Crippen LogP contribution in [0.3, 0.4) is 0 Å². The Hall–Kier alpha value is -3.29. The Labute approximate surface area is 169 Å². The van der Waals surface area contributed by atoms with E-state index in [4.69, 9.17) is 14.2 Å². The maximum Gasteiger partial charge on any atom is 0.355 e. The van der Waals surface area contributed by atoms with Crippen LogP contribution in [0.15, 0.2) is 18.2 Å². The van der Waals surface area contributed by atoms with E-state index in [1.54, 1.807) is 34.1 Å². The van der Waals surface area contributed by atoms with Crippen molar-refractivity contribution < 1.29 is 28.6 Å². The predicted octanol–water partition coefficient (Wildman–Crippen LogP) is 2.37. The Morgan fingerprint density at radius 2 is 1.76 bits per heavy atom. The van der Waals surface area contributed by atoms with Gasteiger partial charge in [-0.25, -0.2) is 4.79 Å². The van der Waals surface area contributed by atoms with Gasteiger partial charge in [-0.3, -0.25) is 9.59 Å². The van der Waals surface area contributed by atoms with E-state index in [1.165, 1.54) is 6.92 Å². The topological polar surface area (TPSA) is 107 Å². The van der Waals surface area contributed by atoms with E-state index in [-0.39, 0.29) is 11.5 Å². The predicted molar refractivity (Wildman–Crippen MR) is 107 cm³/mol. The Balaban J connectivity index is 1.84. The summed E-state index contributed by atoms with van der Waals surface area (Å²) in [5, 5.41) is 2.70. The second kappa shape index (κ2) is 9.77. The zero-order valence-corrected chi connectivity index (χ0v) is 17.3. The van der Waals surface area contributed by atoms with Gasteiger partial charge in [-0.1, -0.05) is 6.07 Å². The number of esters is 1. The van der Waals surface area contributed by atoms with Gasteiger partial charge in [0.2, 0.25) is 0 Å². The molecule has 0 spiro atoms. The van der Waals surface area contributed by atoms with Crippen LogP contribution in [0.4, 0.5) is 0 Å². The molecule has 8 heteroatoms. The molecule has 0 aliphatic rings. The van der Waals surface area contributed by atoms with Gasteiger partial charge in [0, 0.05) is 17.8 Å². The first-order chi connectivity index (χ1) is 13.8. The fourth-order valence-corrected chi connectivity index (χ4v) is 3.12. The largest absolute Gasteiger partial charge is 0.493 e. The lowest BCUT2D eigenvalue weighted by Gasteiger charge is -2.10. The smallest absolute Gasteiger partial charge is 0.355 e. The third kappa shape index (κ3) is 5.37. The summed E-state index contributed by atoms with van der Waals surface area (Å²) in [6, 6.07) is 5.53. The normalized spacial score (nSPS) is 10.4. The molecular formula is C21H26N2O6. The van der Waals surface area contributed by atoms with Crippen LogP contribution in [0.25, 0.3) is 0 Å². The van der Waals surface area contributed by atoms with Crippen molar-refractivity contribution in [3.8, 4) is 11.5 Å². The molecule has 2 N–H and O–H groups in total. The van der Waals surface area contributed by atoms with E-state index < -0.39 is 18.5 Å². The fourth-order valence-electron chi connectivity index (χ4n) is 3.12. The molecule has 0 bridgehead atoms. The molecule has 156 valence electrons. The highest BCUT2D eigenvalue weighted by Crippen LogP contribution is 2.27. The molecule has 0 aliphatic carbocycles. The molecule has 1 aromatic carbocycles. The number of aromatic nitrogens is 1. The van der Waals surface area contributed by atoms with Crippen LogP contribution in [0.5, 0.6) is 11.5 Å². The number of aromatic amines is 1. The van der Waals surface area contributed by atoms with E-state index in [0.29, 0.717) is 41.3 Å². The van der Waals surface area contributed by atoms with Crippen molar-refractivity contribution in [2.75, 3.05) is 27.4 Å². The molecule has 0 radical (unpaired) electrons. The van der Waals surface area contributed by atoms with Crippen molar-refractivity contribution in [2.24, 2.45) is 0 Å². The zero-order chi connectivity index (χ0) is 21.6. The number of hydrogen-bond donors (Lipinski definition) is 2. The highest BCUT2D eigenvalue weighted by molar-refractivity contribution is 6.01. The van der Waals surface area contributed by atoms with Gasteiger partial charge in [0.1, 0.15) is 5.69 Å². The van der Waals surface area contributed by atoms with Gasteiger partial charge in [0.05, 0.1) is 14.2 Å². The van der Waals surface area contributed by atoms with E-state index in [1.807, 2.05) is 12.1 Å². The summed E-state index contributed by atoms with van der Waals surface area (Å²) in [7, 11) is 3.13. The van der Waals surface area contributed by atoms with Gasteiger partial charge in [-0.2, -0.15) is 0 Å². The molecule has 1 amide bonds. The van der Waals surface area contributed by atoms with Crippen LogP contribution >= 0.6 is 0 Å². The zero-order valence-electron chi connectivity index (χ0n) is 17.3. The Kier molecular flexibility index (Phi) is 7.41. The lowest BCUT2D eigenvalue weighted by Crippen LogP contribution is -2.30. The minimum Gasteiger partial charge on any atom is -0.493 e. The van der Waals surface area contributed by atoms with E-state index >= 15 is 0 Å². The molecule has 1 aromatic heterocycles. The van der Waals surface area contributed by atoms with Gasteiger partial charge in [0.25, 0.3) is 5.91 Å². The van der Waals surface area contributed by atoms with E-state index in [2.05, 4.69) is 10.3 Å². The first kappa shape index (κ1) is 22.0. The molecule has 0 fully saturated rings. The molecule has 0 aliphatic heterocycles. The van der Waals surface area contributed by atoms with Gasteiger partial charge in [-0.05, 0) is 50.5 Å². The molecule has 2 aromatic rings. The van der Waals surface area contributed by atoms with Crippen LogP contribution in [-0.4, -0.2) is 50.0 Å². The molecular weight excluding hydrogens is 376 g/mol. The van der Waals surface area contributed by atoms with Gasteiger partial charge in [-0.15, -0.1) is 0 Å². The number of H-pyrrole nitrogens is 1. The van der Waals surface area contributed by atoms with Crippen molar-refractivity contribution in [3.05, 3.63) is 46.3 Å². The molecule has 0 saturated heterocycles. The van der Waals surface area contributed by atoms with Crippen molar-refractivity contribution in [3.63, 3.8) is 0 Å². The standard InChI is InChI=1S/C21H26N2O6/c1-12-19(14(3)24)13(2)23-20(12)21(26)29-11-18(25)22-9-8-15-6-7-16(27-4)17(10-15)28-5/h6-7,10,23H,8-9,11H2,1-5H3,(H,22,25). The SMILES string of the molecule is COc1ccc(CCNC(=O)COC(=O)c2[nH]c(C)c(C(C)=O)c2C)cc1OC. The summed E-state index contributed by atoms with van der Waals surface area (Å²) in [5.41, 5.74) is 2.74. The van der Waals surface area contributed by atoms with Crippen molar-refractivity contribution in [2.45, 2.75) is 27.2 Å². The van der Waals surface area contributed by atoms with Crippen molar-refractivity contribution >= 4 is 17.7 Å². The maximum atomic E-state index is 12.2. The Morgan fingerprint density at radius 1 is 1.07 bits per heavy atom. The molecule has 1 heterocycles. The minimum absolute atomic E-state index is 0.136. The number of ether oxygens (including phenoxy) is 3. The number of Topliss-reactive ketones (excluding diaryl/α,β-unsaturated/α-hetero) is 1. The van der Waals surface area contributed by atoms with Crippen LogP contribution in [0.2, 0.25) is 0 Å². The fraction of sp³-hybridized carbons (Fsp3) is 0.381. The van der Waals surface area contributed by atoms with E-state index in [0.717, 1.165) is 5.56 Å². The lowest BCUT2D eigenvalue weighted by molar-refractivity contribution is -0.124. The summed E-state index contributed by atoms with van der Waals surface area (Å²) in [6.45, 7) is 4.78. The number of carbonyl (C=O) groups excluding carboxylic acids is 3. The Bertz CT molecular complexity index is 916. The quantitative estimate of drug-likeness (QED) is 0.493. The molecule has 0 unspecified atom stereocenters. The first-order valence-electron chi connectivity index (χ1n) is 9.13. The molecule has 0 atom stereocenters. The Morgan fingerprint density at radius 3 is 2.34 bits per heavy atom. The second-order valence-corrected chi connectivity index (χ2v) is 6.55. The van der Waals surface area contributed by atoms with Crippen molar-refractivity contribution in [1.82, 2.24) is 10.3 Å². The number of hydrogen-bond acceptors (Lipinski definition) is 6. The summed E-state index contributed by atoms with van der Waals surface area (Å²) < 4.78 is 15.5. The van der Waals surface area contributed by atoms with Crippen LogP contribution in [0.1, 0.15) is 44.6 Å². The summed E-state index contributed by atoms with van der Waals surface area (Å²) in [4.78, 5) is 38.7. The van der Waals surface area contributed by atoms with E-state index in [9.17, 15) is 14.4 Å². The minimum atomic E-state index is -0.673. The average molecular weight is 402 g/mol. The average Bonchev–Trinajstić information content (AvgIpc) is 3.00.